The lowest BCUT2D eigenvalue weighted by Gasteiger charge is -2.06. The minimum Gasteiger partial charge on any atom is -0.325 e. The maximum absolute atomic E-state index is 12.8. The van der Waals surface area contributed by atoms with Gasteiger partial charge in [-0.1, -0.05) is 0 Å². The molecule has 0 aliphatic heterocycles. The van der Waals surface area contributed by atoms with Gasteiger partial charge in [0.1, 0.15) is 4.60 Å². The molecule has 0 radical (unpaired) electrons. The molecule has 0 unspecified atom stereocenters. The summed E-state index contributed by atoms with van der Waals surface area (Å²) in [4.78, 5) is 3.55. The van der Waals surface area contributed by atoms with Crippen LogP contribution >= 0.6 is 15.9 Å². The molecule has 0 atom stereocenters. The molecule has 2 N–H and O–H groups in total. The van der Waals surface area contributed by atoms with Crippen LogP contribution in [0.4, 0.5) is 13.2 Å². The molecule has 0 aliphatic rings. The Bertz CT molecular complexity index is 317. The van der Waals surface area contributed by atoms with Crippen LogP contribution in [0.15, 0.2) is 10.7 Å². The third-order valence-corrected chi connectivity index (χ3v) is 2.03. The summed E-state index contributed by atoms with van der Waals surface area (Å²) < 4.78 is 37.2. The minimum atomic E-state index is -2.76. The third-order valence-electron chi connectivity index (χ3n) is 1.47. The van der Waals surface area contributed by atoms with Crippen molar-refractivity contribution in [2.45, 2.75) is 13.0 Å². The zero-order chi connectivity index (χ0) is 10.0. The van der Waals surface area contributed by atoms with E-state index in [2.05, 4.69) is 20.9 Å². The molecule has 0 spiro atoms. The highest BCUT2D eigenvalue weighted by molar-refractivity contribution is 9.10. The van der Waals surface area contributed by atoms with Crippen molar-refractivity contribution in [2.75, 3.05) is 0 Å². The molecule has 0 bridgehead atoms. The average Bonchev–Trinajstić information content (AvgIpc) is 2.08. The van der Waals surface area contributed by atoms with Crippen molar-refractivity contribution in [1.82, 2.24) is 4.98 Å². The lowest BCUT2D eigenvalue weighted by Crippen LogP contribution is -2.06. The van der Waals surface area contributed by atoms with Crippen LogP contribution in [0.3, 0.4) is 0 Å². The van der Waals surface area contributed by atoms with Crippen LogP contribution in [0.5, 0.6) is 0 Å². The molecular formula is C7H6BrF3N2. The van der Waals surface area contributed by atoms with Crippen LogP contribution in [0.2, 0.25) is 0 Å². The van der Waals surface area contributed by atoms with E-state index in [1.807, 2.05) is 0 Å². The smallest absolute Gasteiger partial charge is 0.265 e. The second-order valence-corrected chi connectivity index (χ2v) is 3.05. The fourth-order valence-corrected chi connectivity index (χ4v) is 1.20. The Balaban J connectivity index is 3.25. The predicted octanol–water partition coefficient (Wildman–Crippen LogP) is 2.38. The van der Waals surface area contributed by atoms with Gasteiger partial charge in [0.25, 0.3) is 6.43 Å². The summed E-state index contributed by atoms with van der Waals surface area (Å²) in [6.07, 6.45) is -2.76. The van der Waals surface area contributed by atoms with E-state index in [0.29, 0.717) is 0 Å². The number of hydrogen-bond donors (Lipinski definition) is 1. The molecule has 1 aromatic rings. The number of pyridine rings is 1. The topological polar surface area (TPSA) is 38.9 Å². The van der Waals surface area contributed by atoms with E-state index >= 15 is 0 Å². The SMILES string of the molecule is NCc1nc(Br)c(F)cc1C(F)F. The maximum Gasteiger partial charge on any atom is 0.265 e. The first-order valence-corrected chi connectivity index (χ1v) is 4.18. The molecule has 1 rings (SSSR count). The van der Waals surface area contributed by atoms with E-state index in [1.165, 1.54) is 0 Å². The Morgan fingerprint density at radius 3 is 2.62 bits per heavy atom. The van der Waals surface area contributed by atoms with E-state index in [0.717, 1.165) is 6.07 Å². The number of halogens is 4. The molecule has 13 heavy (non-hydrogen) atoms. The van der Waals surface area contributed by atoms with Crippen LogP contribution < -0.4 is 5.73 Å². The van der Waals surface area contributed by atoms with E-state index < -0.39 is 17.8 Å². The Kier molecular flexibility index (Phi) is 3.27. The summed E-state index contributed by atoms with van der Waals surface area (Å²) >= 11 is 2.78. The highest BCUT2D eigenvalue weighted by atomic mass is 79.9. The van der Waals surface area contributed by atoms with Crippen molar-refractivity contribution in [3.8, 4) is 0 Å². The van der Waals surface area contributed by atoms with Crippen molar-refractivity contribution in [3.63, 3.8) is 0 Å². The lowest BCUT2D eigenvalue weighted by atomic mass is 10.2. The highest BCUT2D eigenvalue weighted by Gasteiger charge is 2.16. The summed E-state index contributed by atoms with van der Waals surface area (Å²) in [6, 6.07) is 0.740. The number of nitrogens with two attached hydrogens (primary N) is 1. The first kappa shape index (κ1) is 10.5. The third kappa shape index (κ3) is 2.19. The van der Waals surface area contributed by atoms with Gasteiger partial charge in [-0.3, -0.25) is 0 Å². The van der Waals surface area contributed by atoms with Gasteiger partial charge in [0.2, 0.25) is 0 Å². The summed E-state index contributed by atoms with van der Waals surface area (Å²) in [5.41, 5.74) is 4.72. The van der Waals surface area contributed by atoms with Crippen molar-refractivity contribution in [1.29, 1.82) is 0 Å². The highest BCUT2D eigenvalue weighted by Crippen LogP contribution is 2.25. The molecule has 0 fully saturated rings. The average molecular weight is 255 g/mol. The molecule has 0 saturated heterocycles. The van der Waals surface area contributed by atoms with Crippen molar-refractivity contribution >= 4 is 15.9 Å². The Morgan fingerprint density at radius 2 is 2.15 bits per heavy atom. The van der Waals surface area contributed by atoms with Gasteiger partial charge < -0.3 is 5.73 Å². The molecule has 0 amide bonds. The second-order valence-electron chi connectivity index (χ2n) is 2.30. The molecule has 72 valence electrons. The van der Waals surface area contributed by atoms with Gasteiger partial charge in [0.15, 0.2) is 5.82 Å². The fraction of sp³-hybridized carbons (Fsp3) is 0.286. The molecule has 0 aliphatic carbocycles. The van der Waals surface area contributed by atoms with Gasteiger partial charge >= 0.3 is 0 Å². The van der Waals surface area contributed by atoms with Crippen molar-refractivity contribution in [2.24, 2.45) is 5.73 Å². The molecule has 0 aromatic carbocycles. The molecule has 1 heterocycles. The minimum absolute atomic E-state index is 0.00303. The fourth-order valence-electron chi connectivity index (χ4n) is 0.868. The number of rotatable bonds is 2. The van der Waals surface area contributed by atoms with Crippen LogP contribution in [0, 0.1) is 5.82 Å². The maximum atomic E-state index is 12.8. The van der Waals surface area contributed by atoms with Crippen LogP contribution in [0.1, 0.15) is 17.7 Å². The summed E-state index contributed by atoms with van der Waals surface area (Å²) in [6.45, 7) is -0.140. The Hall–Kier alpha value is -0.620. The van der Waals surface area contributed by atoms with E-state index in [1.54, 1.807) is 0 Å². The number of alkyl halides is 2. The van der Waals surface area contributed by atoms with E-state index in [-0.39, 0.29) is 16.8 Å². The first-order valence-electron chi connectivity index (χ1n) is 3.39. The first-order chi connectivity index (χ1) is 6.06. The van der Waals surface area contributed by atoms with Gasteiger partial charge in [-0.2, -0.15) is 0 Å². The van der Waals surface area contributed by atoms with Gasteiger partial charge in [-0.15, -0.1) is 0 Å². The van der Waals surface area contributed by atoms with Crippen molar-refractivity contribution < 1.29 is 13.2 Å². The molecular weight excluding hydrogens is 249 g/mol. The van der Waals surface area contributed by atoms with Gasteiger partial charge in [0.05, 0.1) is 5.69 Å². The van der Waals surface area contributed by atoms with Crippen LogP contribution in [0.25, 0.3) is 0 Å². The zero-order valence-corrected chi connectivity index (χ0v) is 7.98. The second kappa shape index (κ2) is 4.06. The van der Waals surface area contributed by atoms with Gasteiger partial charge in [0, 0.05) is 12.1 Å². The normalized spacial score (nSPS) is 10.9. The van der Waals surface area contributed by atoms with Gasteiger partial charge in [-0.05, 0) is 22.0 Å². The van der Waals surface area contributed by atoms with E-state index in [9.17, 15) is 13.2 Å². The predicted molar refractivity (Wildman–Crippen MR) is 44.7 cm³/mol. The van der Waals surface area contributed by atoms with Crippen LogP contribution in [-0.4, -0.2) is 4.98 Å². The number of hydrogen-bond acceptors (Lipinski definition) is 2. The zero-order valence-electron chi connectivity index (χ0n) is 6.40. The lowest BCUT2D eigenvalue weighted by molar-refractivity contribution is 0.149. The Labute approximate surface area is 81.1 Å². The van der Waals surface area contributed by atoms with Crippen molar-refractivity contribution in [3.05, 3.63) is 27.7 Å². The van der Waals surface area contributed by atoms with Crippen LogP contribution in [-0.2, 0) is 6.54 Å². The van der Waals surface area contributed by atoms with E-state index in [4.69, 9.17) is 5.73 Å². The van der Waals surface area contributed by atoms with Gasteiger partial charge in [-0.25, -0.2) is 18.2 Å². The number of nitrogens with zero attached hydrogens (tertiary/aromatic N) is 1. The monoisotopic (exact) mass is 254 g/mol. The Morgan fingerprint density at radius 1 is 1.54 bits per heavy atom. The number of aromatic nitrogens is 1. The quantitative estimate of drug-likeness (QED) is 0.824. The summed E-state index contributed by atoms with van der Waals surface area (Å²) in [7, 11) is 0. The molecule has 2 nitrogen and oxygen atoms in total. The standard InChI is InChI=1S/C7H6BrF3N2/c8-6-4(9)1-3(7(10)11)5(2-12)13-6/h1,7H,2,12H2. The molecule has 6 heteroatoms. The molecule has 1 aromatic heterocycles. The summed E-state index contributed by atoms with van der Waals surface area (Å²) in [5, 5.41) is 0. The largest absolute Gasteiger partial charge is 0.325 e. The molecule has 0 saturated carbocycles. The summed E-state index contributed by atoms with van der Waals surface area (Å²) in [5.74, 6) is -0.812.